The molecule has 0 amide bonds. The van der Waals surface area contributed by atoms with E-state index in [1.165, 1.54) is 29.0 Å². The Labute approximate surface area is 185 Å². The van der Waals surface area contributed by atoms with Crippen LogP contribution in [-0.4, -0.2) is 23.4 Å². The first-order valence-electron chi connectivity index (χ1n) is 9.92. The molecule has 0 unspecified atom stereocenters. The van der Waals surface area contributed by atoms with Gasteiger partial charge in [-0.05, 0) is 84.7 Å². The molecule has 0 saturated heterocycles. The van der Waals surface area contributed by atoms with Gasteiger partial charge in [0.25, 0.3) is 0 Å². The van der Waals surface area contributed by atoms with E-state index in [1.54, 1.807) is 29.6 Å². The quantitative estimate of drug-likeness (QED) is 0.514. The molecular formula is C22H22FNO4S3. The van der Waals surface area contributed by atoms with Crippen molar-refractivity contribution >= 4 is 31.2 Å². The van der Waals surface area contributed by atoms with E-state index in [9.17, 15) is 21.2 Å². The number of sulfone groups is 1. The summed E-state index contributed by atoms with van der Waals surface area (Å²) in [7, 11) is -7.84. The molecule has 2 aromatic carbocycles. The third kappa shape index (κ3) is 4.74. The summed E-state index contributed by atoms with van der Waals surface area (Å²) in [6, 6.07) is 13.0. The van der Waals surface area contributed by atoms with E-state index >= 15 is 0 Å². The highest BCUT2D eigenvalue weighted by molar-refractivity contribution is 7.92. The summed E-state index contributed by atoms with van der Waals surface area (Å²) in [5, 5.41) is 0.617. The molecule has 1 N–H and O–H groups in total. The van der Waals surface area contributed by atoms with Gasteiger partial charge in [0.1, 0.15) is 11.1 Å². The van der Waals surface area contributed by atoms with Crippen LogP contribution < -0.4 is 4.72 Å². The molecule has 1 atom stereocenters. The lowest BCUT2D eigenvalue weighted by atomic mass is 9.92. The molecule has 31 heavy (non-hydrogen) atoms. The molecule has 0 bridgehead atoms. The zero-order chi connectivity index (χ0) is 22.1. The largest absolute Gasteiger partial charge is 0.240 e. The van der Waals surface area contributed by atoms with Gasteiger partial charge in [-0.15, -0.1) is 11.3 Å². The minimum absolute atomic E-state index is 0.0553. The predicted molar refractivity (Wildman–Crippen MR) is 119 cm³/mol. The number of hydrogen-bond donors (Lipinski definition) is 1. The number of nitrogens with one attached hydrogen (secondary N) is 1. The van der Waals surface area contributed by atoms with Crippen LogP contribution in [0.1, 0.15) is 34.1 Å². The first-order chi connectivity index (χ1) is 14.8. The summed E-state index contributed by atoms with van der Waals surface area (Å²) < 4.78 is 68.1. The number of sulfonamides is 1. The lowest BCUT2D eigenvalue weighted by Crippen LogP contribution is -2.31. The number of aryl methyl sites for hydroxylation is 2. The van der Waals surface area contributed by atoms with Crippen LogP contribution in [0.5, 0.6) is 0 Å². The lowest BCUT2D eigenvalue weighted by Gasteiger charge is -2.19. The molecule has 9 heteroatoms. The van der Waals surface area contributed by atoms with Gasteiger partial charge in [0, 0.05) is 11.4 Å². The van der Waals surface area contributed by atoms with E-state index in [2.05, 4.69) is 4.72 Å². The molecule has 0 fully saturated rings. The van der Waals surface area contributed by atoms with Crippen molar-refractivity contribution in [1.82, 2.24) is 4.72 Å². The zero-order valence-corrected chi connectivity index (χ0v) is 19.1. The highest BCUT2D eigenvalue weighted by Crippen LogP contribution is 2.32. The van der Waals surface area contributed by atoms with Gasteiger partial charge in [-0.3, -0.25) is 0 Å². The topological polar surface area (TPSA) is 80.3 Å². The molecule has 0 spiro atoms. The molecule has 1 aromatic heterocycles. The summed E-state index contributed by atoms with van der Waals surface area (Å²) in [5.74, 6) is -0.542. The Balaban J connectivity index is 1.62. The molecule has 4 rings (SSSR count). The normalized spacial score (nSPS) is 15.4. The summed E-state index contributed by atoms with van der Waals surface area (Å²) in [4.78, 5) is 0.593. The first kappa shape index (κ1) is 22.1. The van der Waals surface area contributed by atoms with Gasteiger partial charge in [0.15, 0.2) is 9.84 Å². The van der Waals surface area contributed by atoms with Crippen LogP contribution in [-0.2, 0) is 32.7 Å². The molecule has 3 aromatic rings. The molecular weight excluding hydrogens is 457 g/mol. The van der Waals surface area contributed by atoms with Gasteiger partial charge >= 0.3 is 0 Å². The Kier molecular flexibility index (Phi) is 6.30. The Morgan fingerprint density at radius 1 is 0.903 bits per heavy atom. The number of fused-ring (bicyclic) bond motifs is 1. The lowest BCUT2D eigenvalue weighted by molar-refractivity contribution is 0.569. The van der Waals surface area contributed by atoms with Crippen molar-refractivity contribution in [3.05, 3.63) is 81.8 Å². The molecule has 0 aliphatic heterocycles. The van der Waals surface area contributed by atoms with E-state index in [0.717, 1.165) is 43.4 Å². The molecule has 1 aliphatic rings. The molecule has 5 nitrogen and oxygen atoms in total. The van der Waals surface area contributed by atoms with Crippen molar-refractivity contribution in [2.24, 2.45) is 0 Å². The number of thiophene rings is 1. The van der Waals surface area contributed by atoms with Crippen LogP contribution in [0.15, 0.2) is 69.8 Å². The highest BCUT2D eigenvalue weighted by atomic mass is 32.2. The highest BCUT2D eigenvalue weighted by Gasteiger charge is 2.32. The molecule has 0 saturated carbocycles. The Morgan fingerprint density at radius 3 is 2.26 bits per heavy atom. The van der Waals surface area contributed by atoms with E-state index < -0.39 is 30.9 Å². The average Bonchev–Trinajstić information content (AvgIpc) is 3.28. The third-order valence-electron chi connectivity index (χ3n) is 5.47. The smallest absolute Gasteiger partial charge is 0.223 e. The van der Waals surface area contributed by atoms with Crippen LogP contribution in [0.25, 0.3) is 0 Å². The number of halogens is 1. The van der Waals surface area contributed by atoms with E-state index in [0.29, 0.717) is 4.88 Å². The second-order valence-corrected chi connectivity index (χ2v) is 12.4. The van der Waals surface area contributed by atoms with Crippen molar-refractivity contribution in [2.45, 2.75) is 40.7 Å². The average molecular weight is 480 g/mol. The minimum atomic E-state index is -3.94. The molecule has 164 valence electrons. The predicted octanol–water partition coefficient (Wildman–Crippen LogP) is 4.26. The fourth-order valence-electron chi connectivity index (χ4n) is 3.77. The fourth-order valence-corrected chi connectivity index (χ4v) is 7.76. The van der Waals surface area contributed by atoms with Gasteiger partial charge < -0.3 is 0 Å². The van der Waals surface area contributed by atoms with Crippen molar-refractivity contribution in [3.8, 4) is 0 Å². The minimum Gasteiger partial charge on any atom is -0.223 e. The van der Waals surface area contributed by atoms with E-state index in [1.807, 2.05) is 6.07 Å². The van der Waals surface area contributed by atoms with Gasteiger partial charge in [-0.2, -0.15) is 0 Å². The number of benzene rings is 2. The summed E-state index contributed by atoms with van der Waals surface area (Å²) >= 11 is 1.23. The molecule has 0 radical (unpaired) electrons. The van der Waals surface area contributed by atoms with Gasteiger partial charge in [0.05, 0.1) is 9.79 Å². The number of rotatable bonds is 7. The molecule has 1 aliphatic carbocycles. The van der Waals surface area contributed by atoms with Crippen molar-refractivity contribution in [2.75, 3.05) is 6.54 Å². The summed E-state index contributed by atoms with van der Waals surface area (Å²) in [5.41, 5.74) is 2.20. The van der Waals surface area contributed by atoms with Gasteiger partial charge in [-0.1, -0.05) is 12.1 Å². The van der Waals surface area contributed by atoms with E-state index in [4.69, 9.17) is 0 Å². The zero-order valence-electron chi connectivity index (χ0n) is 16.6. The fraction of sp³-hybridized carbons (Fsp3) is 0.273. The van der Waals surface area contributed by atoms with Crippen molar-refractivity contribution in [3.63, 3.8) is 0 Å². The van der Waals surface area contributed by atoms with Crippen LogP contribution in [0.4, 0.5) is 4.39 Å². The van der Waals surface area contributed by atoms with Crippen molar-refractivity contribution < 1.29 is 21.2 Å². The van der Waals surface area contributed by atoms with Gasteiger partial charge in [-0.25, -0.2) is 25.9 Å². The monoisotopic (exact) mass is 479 g/mol. The van der Waals surface area contributed by atoms with E-state index in [-0.39, 0.29) is 16.3 Å². The number of hydrogen-bond acceptors (Lipinski definition) is 5. The van der Waals surface area contributed by atoms with Crippen LogP contribution in [0.3, 0.4) is 0 Å². The van der Waals surface area contributed by atoms with Crippen LogP contribution >= 0.6 is 11.3 Å². The molecule has 1 heterocycles. The Morgan fingerprint density at radius 2 is 1.58 bits per heavy atom. The van der Waals surface area contributed by atoms with Gasteiger partial charge in [0.2, 0.25) is 10.0 Å². The maximum Gasteiger partial charge on any atom is 0.240 e. The summed E-state index contributed by atoms with van der Waals surface area (Å²) in [6.07, 6.45) is 3.91. The Hall–Kier alpha value is -2.07. The summed E-state index contributed by atoms with van der Waals surface area (Å²) in [6.45, 7) is -0.320. The Bertz CT molecular complexity index is 1270. The maximum atomic E-state index is 13.3. The second kappa shape index (κ2) is 8.82. The SMILES string of the molecule is O=S(=O)(NC[C@H](c1cccs1)S(=O)(=O)c1ccc(F)cc1)c1ccc2c(c1)CCCC2. The standard InChI is InChI=1S/C22H22FNO4S3/c23-18-8-11-19(12-9-18)30(25,26)22(21-6-3-13-29-21)15-24-31(27,28)20-10-7-16-4-1-2-5-17(16)14-20/h3,6-14,22,24H,1-2,4-5,15H2/t22-/m1/s1. The maximum absolute atomic E-state index is 13.3. The first-order valence-corrected chi connectivity index (χ1v) is 13.8. The second-order valence-electron chi connectivity index (χ2n) is 7.49. The van der Waals surface area contributed by atoms with Crippen LogP contribution in [0.2, 0.25) is 0 Å². The van der Waals surface area contributed by atoms with Crippen LogP contribution in [0, 0.1) is 5.82 Å². The van der Waals surface area contributed by atoms with Crippen molar-refractivity contribution in [1.29, 1.82) is 0 Å². The third-order valence-corrected chi connectivity index (χ3v) is 10.1.